The zero-order valence-electron chi connectivity index (χ0n) is 22.0. The molecule has 0 radical (unpaired) electrons. The topological polar surface area (TPSA) is 106 Å². The molecule has 2 fully saturated rings. The fraction of sp³-hybridized carbons (Fsp3) is 0.577. The second-order valence-corrected chi connectivity index (χ2v) is 13.9. The lowest BCUT2D eigenvalue weighted by Crippen LogP contribution is -2.43. The number of halogens is 1. The lowest BCUT2D eigenvalue weighted by molar-refractivity contribution is 0.135. The molecule has 0 amide bonds. The van der Waals surface area contributed by atoms with Crippen LogP contribution in [0.4, 0.5) is 4.39 Å². The minimum Gasteiger partial charge on any atom is -0.497 e. The molecule has 0 spiro atoms. The lowest BCUT2D eigenvalue weighted by atomic mass is 10.1. The zero-order chi connectivity index (χ0) is 27.5. The predicted molar refractivity (Wildman–Crippen MR) is 142 cm³/mol. The molecule has 0 bridgehead atoms. The summed E-state index contributed by atoms with van der Waals surface area (Å²) in [6.07, 6.45) is 3.70. The maximum Gasteiger partial charge on any atom is 0.243 e. The number of pyridine rings is 1. The SMILES string of the molecule is COc1cc(C)c(S(=O)(=O)N2C[C@H](F)C[C@H]2CCCS(=O)(=O)N2CCC(Oc3ccncc3)CC2)c(C)c1. The highest BCUT2D eigenvalue weighted by Gasteiger charge is 2.41. The number of hydrogen-bond acceptors (Lipinski definition) is 7. The van der Waals surface area contributed by atoms with Crippen molar-refractivity contribution in [1.82, 2.24) is 13.6 Å². The van der Waals surface area contributed by atoms with E-state index in [1.165, 1.54) is 15.7 Å². The molecule has 0 unspecified atom stereocenters. The number of sulfonamides is 2. The molecule has 0 saturated carbocycles. The third kappa shape index (κ3) is 6.47. The zero-order valence-corrected chi connectivity index (χ0v) is 23.7. The summed E-state index contributed by atoms with van der Waals surface area (Å²) in [4.78, 5) is 4.12. The highest BCUT2D eigenvalue weighted by atomic mass is 32.2. The van der Waals surface area contributed by atoms with Crippen LogP contribution in [0.2, 0.25) is 0 Å². The molecule has 12 heteroatoms. The van der Waals surface area contributed by atoms with Gasteiger partial charge in [-0.05, 0) is 81.3 Å². The predicted octanol–water partition coefficient (Wildman–Crippen LogP) is 3.46. The Hall–Kier alpha value is -2.28. The van der Waals surface area contributed by atoms with E-state index in [-0.39, 0.29) is 42.6 Å². The Morgan fingerprint density at radius 3 is 2.26 bits per heavy atom. The molecule has 2 aromatic rings. The summed E-state index contributed by atoms with van der Waals surface area (Å²) in [6, 6.07) is 6.25. The van der Waals surface area contributed by atoms with Gasteiger partial charge in [0.25, 0.3) is 0 Å². The van der Waals surface area contributed by atoms with Gasteiger partial charge in [0.15, 0.2) is 0 Å². The van der Waals surface area contributed by atoms with Gasteiger partial charge >= 0.3 is 0 Å². The Morgan fingerprint density at radius 2 is 1.66 bits per heavy atom. The minimum absolute atomic E-state index is 0.0608. The number of hydrogen-bond donors (Lipinski definition) is 0. The molecular weight excluding hydrogens is 533 g/mol. The normalized spacial score (nSPS) is 22.0. The van der Waals surface area contributed by atoms with Crippen LogP contribution in [0.3, 0.4) is 0 Å². The number of aromatic nitrogens is 1. The van der Waals surface area contributed by atoms with E-state index in [0.717, 1.165) is 0 Å². The first-order valence-corrected chi connectivity index (χ1v) is 15.9. The first-order valence-electron chi connectivity index (χ1n) is 12.9. The first kappa shape index (κ1) is 28.7. The standard InChI is InChI=1S/C26H36FN3O6S2/c1-19-15-25(35-3)16-20(2)26(19)38(33,34)30-18-21(27)17-22(30)5-4-14-37(31,32)29-12-8-24(9-13-29)36-23-6-10-28-11-7-23/h6-7,10-11,15-16,21-22,24H,4-5,8-9,12-14,17-18H2,1-3H3/t21-,22-/m1/s1. The van der Waals surface area contributed by atoms with Gasteiger partial charge in [-0.25, -0.2) is 25.5 Å². The van der Waals surface area contributed by atoms with Crippen molar-refractivity contribution >= 4 is 20.0 Å². The summed E-state index contributed by atoms with van der Waals surface area (Å²) in [5.41, 5.74) is 1.06. The van der Waals surface area contributed by atoms with Gasteiger partial charge in [-0.2, -0.15) is 4.31 Å². The molecule has 2 aliphatic rings. The average Bonchev–Trinajstić information content (AvgIpc) is 3.25. The molecule has 2 atom stereocenters. The second-order valence-electron chi connectivity index (χ2n) is 10.0. The van der Waals surface area contributed by atoms with E-state index in [4.69, 9.17) is 9.47 Å². The maximum atomic E-state index is 14.5. The van der Waals surface area contributed by atoms with Crippen LogP contribution < -0.4 is 9.47 Å². The van der Waals surface area contributed by atoms with Crippen LogP contribution in [0, 0.1) is 13.8 Å². The van der Waals surface area contributed by atoms with Crippen LogP contribution in [0.15, 0.2) is 41.6 Å². The number of aryl methyl sites for hydroxylation is 2. The number of rotatable bonds is 10. The summed E-state index contributed by atoms with van der Waals surface area (Å²) in [7, 11) is -5.97. The fourth-order valence-corrected chi connectivity index (χ4v) is 9.07. The number of alkyl halides is 1. The van der Waals surface area contributed by atoms with E-state index in [1.54, 1.807) is 50.5 Å². The van der Waals surface area contributed by atoms with E-state index in [9.17, 15) is 21.2 Å². The first-order chi connectivity index (χ1) is 18.0. The molecule has 2 saturated heterocycles. The Morgan fingerprint density at radius 1 is 1.03 bits per heavy atom. The lowest BCUT2D eigenvalue weighted by Gasteiger charge is -2.31. The Kier molecular flexibility index (Phi) is 8.96. The van der Waals surface area contributed by atoms with Crippen molar-refractivity contribution in [3.05, 3.63) is 47.8 Å². The van der Waals surface area contributed by atoms with Crippen molar-refractivity contribution in [2.24, 2.45) is 0 Å². The molecule has 4 rings (SSSR count). The van der Waals surface area contributed by atoms with E-state index >= 15 is 0 Å². The molecule has 9 nitrogen and oxygen atoms in total. The molecule has 2 aliphatic heterocycles. The van der Waals surface area contributed by atoms with Crippen LogP contribution in [-0.4, -0.2) is 81.2 Å². The van der Waals surface area contributed by atoms with Crippen molar-refractivity contribution < 1.29 is 30.7 Å². The minimum atomic E-state index is -3.97. The average molecular weight is 570 g/mol. The third-order valence-corrected chi connectivity index (χ3v) is 11.4. The third-order valence-electron chi connectivity index (χ3n) is 7.24. The van der Waals surface area contributed by atoms with Crippen LogP contribution in [0.25, 0.3) is 0 Å². The van der Waals surface area contributed by atoms with Gasteiger partial charge in [-0.3, -0.25) is 4.98 Å². The van der Waals surface area contributed by atoms with Crippen LogP contribution in [-0.2, 0) is 20.0 Å². The Labute approximate surface area is 225 Å². The Balaban J connectivity index is 1.35. The summed E-state index contributed by atoms with van der Waals surface area (Å²) in [5, 5.41) is 0. The van der Waals surface area contributed by atoms with E-state index in [1.807, 2.05) is 0 Å². The molecular formula is C26H36FN3O6S2. The van der Waals surface area contributed by atoms with Crippen LogP contribution in [0.5, 0.6) is 11.5 Å². The summed E-state index contributed by atoms with van der Waals surface area (Å²) >= 11 is 0. The molecule has 210 valence electrons. The van der Waals surface area contributed by atoms with Crippen LogP contribution >= 0.6 is 0 Å². The molecule has 38 heavy (non-hydrogen) atoms. The van der Waals surface area contributed by atoms with E-state index < -0.39 is 32.3 Å². The van der Waals surface area contributed by atoms with Crippen molar-refractivity contribution in [3.63, 3.8) is 0 Å². The summed E-state index contributed by atoms with van der Waals surface area (Å²) < 4.78 is 81.5. The van der Waals surface area contributed by atoms with Crippen molar-refractivity contribution in [3.8, 4) is 11.5 Å². The maximum absolute atomic E-state index is 14.5. The van der Waals surface area contributed by atoms with Gasteiger partial charge in [-0.15, -0.1) is 0 Å². The highest BCUT2D eigenvalue weighted by molar-refractivity contribution is 7.89. The van der Waals surface area contributed by atoms with E-state index in [0.29, 0.717) is 48.6 Å². The van der Waals surface area contributed by atoms with Gasteiger partial charge in [-0.1, -0.05) is 0 Å². The Bertz CT molecular complexity index is 1290. The summed E-state index contributed by atoms with van der Waals surface area (Å²) in [6.45, 7) is 3.89. The molecule has 1 aromatic heterocycles. The van der Waals surface area contributed by atoms with Crippen LogP contribution in [0.1, 0.15) is 43.2 Å². The van der Waals surface area contributed by atoms with Crippen molar-refractivity contribution in [2.45, 2.75) is 69.2 Å². The number of nitrogens with zero attached hydrogens (tertiary/aromatic N) is 3. The fourth-order valence-electron chi connectivity index (χ4n) is 5.41. The van der Waals surface area contributed by atoms with Gasteiger partial charge in [0.1, 0.15) is 23.8 Å². The van der Waals surface area contributed by atoms with Gasteiger partial charge in [0.2, 0.25) is 20.0 Å². The quantitative estimate of drug-likeness (QED) is 0.431. The second kappa shape index (κ2) is 11.8. The van der Waals surface area contributed by atoms with Crippen molar-refractivity contribution in [2.75, 3.05) is 32.5 Å². The largest absolute Gasteiger partial charge is 0.497 e. The number of methoxy groups -OCH3 is 1. The molecule has 0 N–H and O–H groups in total. The monoisotopic (exact) mass is 569 g/mol. The molecule has 0 aliphatic carbocycles. The van der Waals surface area contributed by atoms with E-state index in [2.05, 4.69) is 4.98 Å². The van der Waals surface area contributed by atoms with Gasteiger partial charge in [0, 0.05) is 38.1 Å². The van der Waals surface area contributed by atoms with Gasteiger partial charge in [0.05, 0.1) is 17.8 Å². The van der Waals surface area contributed by atoms with Gasteiger partial charge < -0.3 is 9.47 Å². The number of ether oxygens (including phenoxy) is 2. The summed E-state index contributed by atoms with van der Waals surface area (Å²) in [5.74, 6) is 1.16. The molecule has 3 heterocycles. The smallest absolute Gasteiger partial charge is 0.243 e. The highest BCUT2D eigenvalue weighted by Crippen LogP contribution is 2.34. The number of piperidine rings is 1. The molecule has 1 aromatic carbocycles. The number of benzene rings is 1. The van der Waals surface area contributed by atoms with Crippen molar-refractivity contribution in [1.29, 1.82) is 0 Å².